The van der Waals surface area contributed by atoms with Crippen LogP contribution in [0.4, 0.5) is 0 Å². The molecule has 2 aliphatic heterocycles. The first-order chi connectivity index (χ1) is 9.80. The van der Waals surface area contributed by atoms with Gasteiger partial charge < -0.3 is 19.3 Å². The monoisotopic (exact) mass is 278 g/mol. The number of hydrogen-bond acceptors (Lipinski definition) is 4. The third kappa shape index (κ3) is 2.82. The van der Waals surface area contributed by atoms with Crippen LogP contribution in [0.15, 0.2) is 24.3 Å². The number of aliphatic hydroxyl groups excluding tert-OH is 1. The number of aliphatic hydroxyl groups is 1. The minimum Gasteiger partial charge on any atom is -0.496 e. The van der Waals surface area contributed by atoms with Crippen LogP contribution in [-0.4, -0.2) is 37.1 Å². The largest absolute Gasteiger partial charge is 0.496 e. The van der Waals surface area contributed by atoms with Gasteiger partial charge in [-0.25, -0.2) is 0 Å². The molecule has 0 amide bonds. The lowest BCUT2D eigenvalue weighted by Crippen LogP contribution is -2.32. The quantitative estimate of drug-likeness (QED) is 0.899. The second-order valence-electron chi connectivity index (χ2n) is 5.60. The molecule has 4 heteroatoms. The standard InChI is InChI=1S/C16H22O4/c1-18-15-5-3-2-4-14(15)16(10-17)20-13-8-11-6-7-12(9-13)19-11/h2-5,11-13,16-17H,6-10H2,1H3/t11-,12+,13-,16?. The van der Waals surface area contributed by atoms with Crippen LogP contribution in [0.2, 0.25) is 0 Å². The second kappa shape index (κ2) is 6.12. The topological polar surface area (TPSA) is 47.9 Å². The van der Waals surface area contributed by atoms with Gasteiger partial charge in [-0.2, -0.15) is 0 Å². The highest BCUT2D eigenvalue weighted by Gasteiger charge is 2.36. The summed E-state index contributed by atoms with van der Waals surface area (Å²) in [5.41, 5.74) is 0.913. The van der Waals surface area contributed by atoms with E-state index in [0.717, 1.165) is 37.0 Å². The Morgan fingerprint density at radius 3 is 2.60 bits per heavy atom. The minimum atomic E-state index is -0.325. The third-order valence-corrected chi connectivity index (χ3v) is 4.26. The molecular formula is C16H22O4. The van der Waals surface area contributed by atoms with Crippen molar-refractivity contribution in [3.8, 4) is 5.75 Å². The molecule has 3 rings (SSSR count). The van der Waals surface area contributed by atoms with E-state index < -0.39 is 0 Å². The molecule has 20 heavy (non-hydrogen) atoms. The molecule has 1 unspecified atom stereocenters. The zero-order valence-electron chi connectivity index (χ0n) is 11.8. The molecule has 2 fully saturated rings. The molecule has 2 aliphatic rings. The van der Waals surface area contributed by atoms with Crippen molar-refractivity contribution in [2.45, 2.75) is 50.1 Å². The Labute approximate surface area is 119 Å². The molecule has 0 spiro atoms. The average molecular weight is 278 g/mol. The minimum absolute atomic E-state index is 0.0347. The molecule has 2 bridgehead atoms. The van der Waals surface area contributed by atoms with E-state index in [9.17, 15) is 5.11 Å². The van der Waals surface area contributed by atoms with E-state index in [1.165, 1.54) is 0 Å². The van der Waals surface area contributed by atoms with Crippen LogP contribution in [0.3, 0.4) is 0 Å². The number of methoxy groups -OCH3 is 1. The van der Waals surface area contributed by atoms with E-state index in [1.54, 1.807) is 7.11 Å². The van der Waals surface area contributed by atoms with Crippen LogP contribution >= 0.6 is 0 Å². The number of hydrogen-bond donors (Lipinski definition) is 1. The average Bonchev–Trinajstić information content (AvgIpc) is 2.83. The number of para-hydroxylation sites is 1. The molecule has 4 atom stereocenters. The van der Waals surface area contributed by atoms with Gasteiger partial charge in [0.25, 0.3) is 0 Å². The van der Waals surface area contributed by atoms with Gasteiger partial charge in [-0.15, -0.1) is 0 Å². The van der Waals surface area contributed by atoms with Gasteiger partial charge in [0.05, 0.1) is 32.0 Å². The Morgan fingerprint density at radius 1 is 1.25 bits per heavy atom. The summed E-state index contributed by atoms with van der Waals surface area (Å²) in [7, 11) is 1.64. The number of rotatable bonds is 5. The Balaban J connectivity index is 1.70. The van der Waals surface area contributed by atoms with Gasteiger partial charge in [0.15, 0.2) is 0 Å². The maximum atomic E-state index is 9.67. The van der Waals surface area contributed by atoms with Gasteiger partial charge >= 0.3 is 0 Å². The fraction of sp³-hybridized carbons (Fsp3) is 0.625. The molecule has 2 saturated heterocycles. The Bertz CT molecular complexity index is 436. The van der Waals surface area contributed by atoms with E-state index in [4.69, 9.17) is 14.2 Å². The lowest BCUT2D eigenvalue weighted by Gasteiger charge is -2.31. The Kier molecular flexibility index (Phi) is 4.24. The fourth-order valence-corrected chi connectivity index (χ4v) is 3.30. The van der Waals surface area contributed by atoms with Crippen molar-refractivity contribution in [2.24, 2.45) is 0 Å². The molecule has 4 nitrogen and oxygen atoms in total. The molecule has 0 saturated carbocycles. The van der Waals surface area contributed by atoms with E-state index in [-0.39, 0.29) is 18.8 Å². The summed E-state index contributed by atoms with van der Waals surface area (Å²) < 4.78 is 17.3. The maximum Gasteiger partial charge on any atom is 0.124 e. The summed E-state index contributed by atoms with van der Waals surface area (Å²) in [6.45, 7) is -0.0347. The van der Waals surface area contributed by atoms with Gasteiger partial charge in [-0.05, 0) is 31.7 Å². The number of fused-ring (bicyclic) bond motifs is 2. The van der Waals surface area contributed by atoms with Gasteiger partial charge in [-0.1, -0.05) is 18.2 Å². The van der Waals surface area contributed by atoms with E-state index in [2.05, 4.69) is 0 Å². The zero-order chi connectivity index (χ0) is 13.9. The van der Waals surface area contributed by atoms with Crippen LogP contribution in [0, 0.1) is 0 Å². The third-order valence-electron chi connectivity index (χ3n) is 4.26. The van der Waals surface area contributed by atoms with Gasteiger partial charge in [0.1, 0.15) is 11.9 Å². The van der Waals surface area contributed by atoms with Crippen molar-refractivity contribution in [2.75, 3.05) is 13.7 Å². The molecule has 1 aromatic rings. The summed E-state index contributed by atoms with van der Waals surface area (Å²) >= 11 is 0. The van der Waals surface area contributed by atoms with E-state index in [1.807, 2.05) is 24.3 Å². The first kappa shape index (κ1) is 13.9. The first-order valence-electron chi connectivity index (χ1n) is 7.35. The Morgan fingerprint density at radius 2 is 1.95 bits per heavy atom. The molecule has 1 N–H and O–H groups in total. The summed E-state index contributed by atoms with van der Waals surface area (Å²) in [6, 6.07) is 7.71. The van der Waals surface area contributed by atoms with Crippen molar-refractivity contribution in [3.63, 3.8) is 0 Å². The van der Waals surface area contributed by atoms with E-state index in [0.29, 0.717) is 12.2 Å². The smallest absolute Gasteiger partial charge is 0.124 e. The predicted molar refractivity (Wildman–Crippen MR) is 74.8 cm³/mol. The van der Waals surface area contributed by atoms with Crippen molar-refractivity contribution >= 4 is 0 Å². The van der Waals surface area contributed by atoms with Crippen LogP contribution in [0.25, 0.3) is 0 Å². The highest BCUT2D eigenvalue weighted by Crippen LogP contribution is 2.37. The number of ether oxygens (including phenoxy) is 3. The second-order valence-corrected chi connectivity index (χ2v) is 5.60. The van der Waals surface area contributed by atoms with Crippen LogP contribution in [-0.2, 0) is 9.47 Å². The van der Waals surface area contributed by atoms with Crippen LogP contribution < -0.4 is 4.74 Å². The fourth-order valence-electron chi connectivity index (χ4n) is 3.30. The lowest BCUT2D eigenvalue weighted by atomic mass is 10.0. The molecule has 2 heterocycles. The summed E-state index contributed by atoms with van der Waals surface area (Å²) in [5.74, 6) is 0.765. The van der Waals surface area contributed by atoms with Gasteiger partial charge in [-0.3, -0.25) is 0 Å². The molecule has 0 aliphatic carbocycles. The summed E-state index contributed by atoms with van der Waals surface area (Å²) in [4.78, 5) is 0. The predicted octanol–water partition coefficient (Wildman–Crippen LogP) is 2.46. The zero-order valence-corrected chi connectivity index (χ0v) is 11.8. The lowest BCUT2D eigenvalue weighted by molar-refractivity contribution is -0.115. The molecular weight excluding hydrogens is 256 g/mol. The van der Waals surface area contributed by atoms with E-state index >= 15 is 0 Å². The van der Waals surface area contributed by atoms with Gasteiger partial charge in [0, 0.05) is 5.56 Å². The normalized spacial score (nSPS) is 30.2. The highest BCUT2D eigenvalue weighted by molar-refractivity contribution is 5.35. The van der Waals surface area contributed by atoms with Crippen molar-refractivity contribution in [1.82, 2.24) is 0 Å². The molecule has 110 valence electrons. The Hall–Kier alpha value is -1.10. The SMILES string of the molecule is COc1ccccc1C(CO)O[C@@H]1C[C@H]2CC[C@@H](C1)O2. The van der Waals surface area contributed by atoms with Crippen LogP contribution in [0.5, 0.6) is 5.75 Å². The molecule has 1 aromatic carbocycles. The first-order valence-corrected chi connectivity index (χ1v) is 7.35. The highest BCUT2D eigenvalue weighted by atomic mass is 16.5. The van der Waals surface area contributed by atoms with Crippen molar-refractivity contribution in [1.29, 1.82) is 0 Å². The molecule has 0 aromatic heterocycles. The van der Waals surface area contributed by atoms with Crippen molar-refractivity contribution < 1.29 is 19.3 Å². The van der Waals surface area contributed by atoms with Gasteiger partial charge in [0.2, 0.25) is 0 Å². The van der Waals surface area contributed by atoms with Crippen LogP contribution in [0.1, 0.15) is 37.4 Å². The maximum absolute atomic E-state index is 9.67. The van der Waals surface area contributed by atoms with Crippen molar-refractivity contribution in [3.05, 3.63) is 29.8 Å². The number of benzene rings is 1. The summed E-state index contributed by atoms with van der Waals surface area (Å²) in [5, 5.41) is 9.67. The molecule has 0 radical (unpaired) electrons. The summed E-state index contributed by atoms with van der Waals surface area (Å²) in [6.07, 6.45) is 4.68.